The summed E-state index contributed by atoms with van der Waals surface area (Å²) in [5, 5.41) is 3.44. The Bertz CT molecular complexity index is 513. The summed E-state index contributed by atoms with van der Waals surface area (Å²) in [5.74, 6) is 0.433. The number of amides is 1. The number of ether oxygens (including phenoxy) is 1. The number of hydrogen-bond donors (Lipinski definition) is 1. The highest BCUT2D eigenvalue weighted by atomic mass is 35.5. The lowest BCUT2D eigenvalue weighted by Crippen LogP contribution is -2.37. The fourth-order valence-corrected chi connectivity index (χ4v) is 2.59. The van der Waals surface area contributed by atoms with Gasteiger partial charge in [-0.1, -0.05) is 35.4 Å². The second-order valence-electron chi connectivity index (χ2n) is 5.34. The molecule has 3 nitrogen and oxygen atoms in total. The number of para-hydroxylation sites is 1. The minimum atomic E-state index is -0.551. The Hall–Kier alpha value is -1.48. The van der Waals surface area contributed by atoms with Crippen LogP contribution in [0.5, 0.6) is 5.75 Å². The predicted molar refractivity (Wildman–Crippen MR) is 85.7 cm³/mol. The van der Waals surface area contributed by atoms with Crippen LogP contribution in [0, 0.1) is 0 Å². The van der Waals surface area contributed by atoms with E-state index in [0.717, 1.165) is 6.42 Å². The third kappa shape index (κ3) is 5.09. The first-order valence-electron chi connectivity index (χ1n) is 7.53. The fraction of sp³-hybridized carbons (Fsp3) is 0.471. The van der Waals surface area contributed by atoms with Gasteiger partial charge in [0.25, 0.3) is 5.91 Å². The molecule has 0 saturated carbocycles. The molecule has 1 amide bonds. The zero-order valence-electron chi connectivity index (χ0n) is 12.4. The number of carbonyl (C=O) groups is 1. The lowest BCUT2D eigenvalue weighted by Gasteiger charge is -2.17. The first-order valence-corrected chi connectivity index (χ1v) is 7.91. The summed E-state index contributed by atoms with van der Waals surface area (Å²) in [5.41, 5.74) is 1.46. The Kier molecular flexibility index (Phi) is 6.12. The van der Waals surface area contributed by atoms with Crippen molar-refractivity contribution in [2.45, 2.75) is 45.1 Å². The maximum absolute atomic E-state index is 12.0. The van der Waals surface area contributed by atoms with Gasteiger partial charge >= 0.3 is 0 Å². The van der Waals surface area contributed by atoms with E-state index in [1.807, 2.05) is 12.1 Å². The van der Waals surface area contributed by atoms with Crippen LogP contribution in [0.25, 0.3) is 0 Å². The summed E-state index contributed by atoms with van der Waals surface area (Å²) in [4.78, 5) is 12.0. The second kappa shape index (κ2) is 8.08. The Morgan fingerprint density at radius 1 is 1.38 bits per heavy atom. The standard InChI is InChI=1S/C17H22ClNO2/c1-13(21-16-10-6-5-9-15(16)18)17(20)19-12-11-14-7-3-2-4-8-14/h5-7,9-10,13H,2-4,8,11-12H2,1H3,(H,19,20). The Labute approximate surface area is 131 Å². The van der Waals surface area contributed by atoms with Crippen molar-refractivity contribution in [1.82, 2.24) is 5.32 Å². The van der Waals surface area contributed by atoms with E-state index in [-0.39, 0.29) is 5.91 Å². The third-order valence-electron chi connectivity index (χ3n) is 3.64. The molecular formula is C17H22ClNO2. The molecule has 0 bridgehead atoms. The monoisotopic (exact) mass is 307 g/mol. The van der Waals surface area contributed by atoms with Crippen molar-refractivity contribution >= 4 is 17.5 Å². The van der Waals surface area contributed by atoms with Gasteiger partial charge in [0.1, 0.15) is 5.75 Å². The van der Waals surface area contributed by atoms with E-state index in [9.17, 15) is 4.79 Å². The highest BCUT2D eigenvalue weighted by molar-refractivity contribution is 6.32. The van der Waals surface area contributed by atoms with Crippen molar-refractivity contribution < 1.29 is 9.53 Å². The SMILES string of the molecule is CC(Oc1ccccc1Cl)C(=O)NCCC1=CCCCC1. The van der Waals surface area contributed by atoms with E-state index in [1.54, 1.807) is 19.1 Å². The zero-order chi connectivity index (χ0) is 15.1. The van der Waals surface area contributed by atoms with Crippen LogP contribution in [-0.2, 0) is 4.79 Å². The van der Waals surface area contributed by atoms with Gasteiger partial charge in [0.05, 0.1) is 5.02 Å². The minimum absolute atomic E-state index is 0.105. The van der Waals surface area contributed by atoms with Gasteiger partial charge in [0, 0.05) is 6.54 Å². The van der Waals surface area contributed by atoms with Gasteiger partial charge in [-0.3, -0.25) is 4.79 Å². The summed E-state index contributed by atoms with van der Waals surface area (Å²) >= 11 is 6.01. The molecule has 1 unspecified atom stereocenters. The molecule has 0 heterocycles. The largest absolute Gasteiger partial charge is 0.479 e. The normalized spacial score (nSPS) is 16.0. The van der Waals surface area contributed by atoms with E-state index in [1.165, 1.54) is 31.3 Å². The smallest absolute Gasteiger partial charge is 0.260 e. The maximum Gasteiger partial charge on any atom is 0.260 e. The highest BCUT2D eigenvalue weighted by Crippen LogP contribution is 2.24. The van der Waals surface area contributed by atoms with Crippen molar-refractivity contribution in [3.63, 3.8) is 0 Å². The molecule has 114 valence electrons. The van der Waals surface area contributed by atoms with Gasteiger partial charge in [-0.05, 0) is 51.2 Å². The van der Waals surface area contributed by atoms with Crippen LogP contribution in [-0.4, -0.2) is 18.6 Å². The highest BCUT2D eigenvalue weighted by Gasteiger charge is 2.15. The number of benzene rings is 1. The number of carbonyl (C=O) groups excluding carboxylic acids is 1. The van der Waals surface area contributed by atoms with Gasteiger partial charge in [-0.25, -0.2) is 0 Å². The van der Waals surface area contributed by atoms with Gasteiger partial charge in [-0.15, -0.1) is 0 Å². The van der Waals surface area contributed by atoms with E-state index >= 15 is 0 Å². The topological polar surface area (TPSA) is 38.3 Å². The molecule has 1 aromatic rings. The van der Waals surface area contributed by atoms with E-state index in [4.69, 9.17) is 16.3 Å². The quantitative estimate of drug-likeness (QED) is 0.803. The molecule has 4 heteroatoms. The lowest BCUT2D eigenvalue weighted by atomic mass is 9.97. The minimum Gasteiger partial charge on any atom is -0.479 e. The Morgan fingerprint density at radius 3 is 2.90 bits per heavy atom. The Balaban J connectivity index is 1.75. The van der Waals surface area contributed by atoms with Crippen LogP contribution in [0.15, 0.2) is 35.9 Å². The molecule has 0 radical (unpaired) electrons. The molecule has 0 saturated heterocycles. The molecule has 1 N–H and O–H groups in total. The molecule has 0 aliphatic heterocycles. The number of hydrogen-bond acceptors (Lipinski definition) is 2. The number of nitrogens with one attached hydrogen (secondary N) is 1. The van der Waals surface area contributed by atoms with Crippen LogP contribution in [0.1, 0.15) is 39.0 Å². The molecule has 1 aliphatic rings. The van der Waals surface area contributed by atoms with Crippen molar-refractivity contribution in [1.29, 1.82) is 0 Å². The fourth-order valence-electron chi connectivity index (χ4n) is 2.41. The summed E-state index contributed by atoms with van der Waals surface area (Å²) < 4.78 is 5.59. The lowest BCUT2D eigenvalue weighted by molar-refractivity contribution is -0.127. The van der Waals surface area contributed by atoms with Crippen LogP contribution >= 0.6 is 11.6 Å². The van der Waals surface area contributed by atoms with Crippen LogP contribution in [0.3, 0.4) is 0 Å². The molecule has 0 spiro atoms. The molecule has 2 rings (SSSR count). The first-order chi connectivity index (χ1) is 10.2. The van der Waals surface area contributed by atoms with Crippen molar-refractivity contribution in [2.24, 2.45) is 0 Å². The second-order valence-corrected chi connectivity index (χ2v) is 5.75. The summed E-state index contributed by atoms with van der Waals surface area (Å²) in [6, 6.07) is 7.18. The first kappa shape index (κ1) is 15.9. The van der Waals surface area contributed by atoms with Gasteiger partial charge < -0.3 is 10.1 Å². The van der Waals surface area contributed by atoms with E-state index < -0.39 is 6.10 Å². The van der Waals surface area contributed by atoms with Gasteiger partial charge in [0.15, 0.2) is 6.10 Å². The summed E-state index contributed by atoms with van der Waals surface area (Å²) in [6.07, 6.45) is 7.59. The Morgan fingerprint density at radius 2 is 2.19 bits per heavy atom. The average molecular weight is 308 g/mol. The summed E-state index contributed by atoms with van der Waals surface area (Å²) in [7, 11) is 0. The van der Waals surface area contributed by atoms with Crippen molar-refractivity contribution in [3.8, 4) is 5.75 Å². The van der Waals surface area contributed by atoms with Crippen LogP contribution in [0.4, 0.5) is 0 Å². The van der Waals surface area contributed by atoms with Crippen LogP contribution < -0.4 is 10.1 Å². The van der Waals surface area contributed by atoms with E-state index in [2.05, 4.69) is 11.4 Å². The number of allylic oxidation sites excluding steroid dienone is 1. The average Bonchev–Trinajstić information content (AvgIpc) is 2.50. The maximum atomic E-state index is 12.0. The number of halogens is 1. The third-order valence-corrected chi connectivity index (χ3v) is 3.95. The molecule has 1 atom stereocenters. The molecule has 1 aliphatic carbocycles. The molecule has 1 aromatic carbocycles. The van der Waals surface area contributed by atoms with Crippen molar-refractivity contribution in [3.05, 3.63) is 40.9 Å². The molecular weight excluding hydrogens is 286 g/mol. The van der Waals surface area contributed by atoms with Gasteiger partial charge in [-0.2, -0.15) is 0 Å². The molecule has 0 aromatic heterocycles. The number of rotatable bonds is 6. The van der Waals surface area contributed by atoms with Crippen LogP contribution in [0.2, 0.25) is 5.02 Å². The molecule has 0 fully saturated rings. The zero-order valence-corrected chi connectivity index (χ0v) is 13.2. The van der Waals surface area contributed by atoms with Crippen molar-refractivity contribution in [2.75, 3.05) is 6.54 Å². The molecule has 21 heavy (non-hydrogen) atoms. The predicted octanol–water partition coefficient (Wildman–Crippen LogP) is 4.11. The van der Waals surface area contributed by atoms with E-state index in [0.29, 0.717) is 17.3 Å². The van der Waals surface area contributed by atoms with Gasteiger partial charge in [0.2, 0.25) is 0 Å². The summed E-state index contributed by atoms with van der Waals surface area (Å²) in [6.45, 7) is 2.40.